The molecule has 26 heavy (non-hydrogen) atoms. The largest absolute Gasteiger partial charge is 0.277 e. The summed E-state index contributed by atoms with van der Waals surface area (Å²) in [6.45, 7) is 0. The van der Waals surface area contributed by atoms with Gasteiger partial charge in [-0.05, 0) is 35.9 Å². The second kappa shape index (κ2) is 6.04. The third-order valence-corrected chi connectivity index (χ3v) is 5.05. The Kier molecular flexibility index (Phi) is 3.53. The molecule has 124 valence electrons. The van der Waals surface area contributed by atoms with Crippen LogP contribution >= 0.6 is 15.9 Å². The van der Waals surface area contributed by atoms with Gasteiger partial charge in [-0.15, -0.1) is 0 Å². The Bertz CT molecular complexity index is 1100. The number of hydrogen-bond acceptors (Lipinski definition) is 3. The van der Waals surface area contributed by atoms with Crippen LogP contribution < -0.4 is 0 Å². The molecular formula is C21H13BrN4. The minimum atomic E-state index is 0.933. The van der Waals surface area contributed by atoms with Crippen molar-refractivity contribution in [2.24, 2.45) is 0 Å². The molecule has 0 fully saturated rings. The zero-order valence-electron chi connectivity index (χ0n) is 13.6. The van der Waals surface area contributed by atoms with Gasteiger partial charge in [0.25, 0.3) is 0 Å². The number of nitrogens with one attached hydrogen (secondary N) is 1. The minimum absolute atomic E-state index is 0.933. The van der Waals surface area contributed by atoms with Gasteiger partial charge in [-0.2, -0.15) is 5.10 Å². The molecule has 0 aliphatic heterocycles. The van der Waals surface area contributed by atoms with Crippen molar-refractivity contribution >= 4 is 27.6 Å². The van der Waals surface area contributed by atoms with Crippen LogP contribution in [0.3, 0.4) is 0 Å². The monoisotopic (exact) mass is 400 g/mol. The summed E-state index contributed by atoms with van der Waals surface area (Å²) < 4.78 is 1.05. The molecule has 4 nitrogen and oxygen atoms in total. The lowest BCUT2D eigenvalue weighted by Crippen LogP contribution is -1.85. The molecule has 0 saturated heterocycles. The van der Waals surface area contributed by atoms with Crippen molar-refractivity contribution in [3.63, 3.8) is 0 Å². The molecule has 5 heteroatoms. The van der Waals surface area contributed by atoms with Gasteiger partial charge in [-0.3, -0.25) is 15.1 Å². The standard InChI is InChI=1S/C21H13BrN4/c22-15-7-5-13(6-8-15)19-14(12-25-26-19)11-18-16-3-1-9-23-20(16)21-17(18)4-2-10-24-21/h1-12H,(H,25,26). The SMILES string of the molecule is Brc1ccc(-c2[nH]ncc2C=C2c3cccnc3-c3ncccc32)cc1. The Labute approximate surface area is 158 Å². The van der Waals surface area contributed by atoms with E-state index in [-0.39, 0.29) is 0 Å². The Morgan fingerprint density at radius 2 is 1.50 bits per heavy atom. The second-order valence-electron chi connectivity index (χ2n) is 6.06. The van der Waals surface area contributed by atoms with E-state index < -0.39 is 0 Å². The Balaban J connectivity index is 1.69. The van der Waals surface area contributed by atoms with Gasteiger partial charge in [0.05, 0.1) is 23.3 Å². The molecule has 0 saturated carbocycles. The van der Waals surface area contributed by atoms with Crippen molar-refractivity contribution in [3.05, 3.63) is 88.3 Å². The molecule has 0 unspecified atom stereocenters. The van der Waals surface area contributed by atoms with E-state index in [0.29, 0.717) is 0 Å². The predicted molar refractivity (Wildman–Crippen MR) is 106 cm³/mol. The quantitative estimate of drug-likeness (QED) is 0.443. The van der Waals surface area contributed by atoms with Crippen LogP contribution in [-0.2, 0) is 0 Å². The molecule has 1 aromatic carbocycles. The molecule has 0 atom stereocenters. The molecule has 1 aliphatic rings. The van der Waals surface area contributed by atoms with E-state index in [4.69, 9.17) is 0 Å². The number of aromatic nitrogens is 4. The maximum Gasteiger partial charge on any atom is 0.0971 e. The second-order valence-corrected chi connectivity index (χ2v) is 6.98. The first-order valence-corrected chi connectivity index (χ1v) is 9.03. The van der Waals surface area contributed by atoms with Crippen molar-refractivity contribution in [1.29, 1.82) is 0 Å². The van der Waals surface area contributed by atoms with E-state index >= 15 is 0 Å². The molecule has 1 aliphatic carbocycles. The number of nitrogens with zero attached hydrogens (tertiary/aromatic N) is 3. The zero-order valence-corrected chi connectivity index (χ0v) is 15.2. The summed E-state index contributed by atoms with van der Waals surface area (Å²) in [6, 6.07) is 16.3. The minimum Gasteiger partial charge on any atom is -0.277 e. The summed E-state index contributed by atoms with van der Waals surface area (Å²) in [5.74, 6) is 0. The number of halogens is 1. The van der Waals surface area contributed by atoms with E-state index in [2.05, 4.69) is 66.4 Å². The van der Waals surface area contributed by atoms with Crippen LogP contribution in [0, 0.1) is 0 Å². The van der Waals surface area contributed by atoms with E-state index in [9.17, 15) is 0 Å². The van der Waals surface area contributed by atoms with Crippen LogP contribution in [0.2, 0.25) is 0 Å². The summed E-state index contributed by atoms with van der Waals surface area (Å²) in [5, 5.41) is 7.38. The molecular weight excluding hydrogens is 388 g/mol. The topological polar surface area (TPSA) is 54.5 Å². The maximum absolute atomic E-state index is 4.54. The van der Waals surface area contributed by atoms with E-state index in [1.54, 1.807) is 0 Å². The number of fused-ring (bicyclic) bond motifs is 3. The first kappa shape index (κ1) is 15.2. The first-order valence-electron chi connectivity index (χ1n) is 8.23. The molecule has 3 aromatic heterocycles. The van der Waals surface area contributed by atoms with E-state index in [1.165, 1.54) is 0 Å². The fourth-order valence-electron chi connectivity index (χ4n) is 3.33. The van der Waals surface area contributed by atoms with Crippen molar-refractivity contribution in [3.8, 4) is 22.6 Å². The molecule has 3 heterocycles. The third kappa shape index (κ3) is 2.40. The highest BCUT2D eigenvalue weighted by atomic mass is 79.9. The van der Waals surface area contributed by atoms with Crippen molar-refractivity contribution in [2.45, 2.75) is 0 Å². The Hall–Kier alpha value is -3.05. The fraction of sp³-hybridized carbons (Fsp3) is 0. The zero-order chi connectivity index (χ0) is 17.5. The first-order chi connectivity index (χ1) is 12.8. The lowest BCUT2D eigenvalue weighted by atomic mass is 10.0. The number of rotatable bonds is 2. The van der Waals surface area contributed by atoms with Crippen molar-refractivity contribution in [1.82, 2.24) is 20.2 Å². The van der Waals surface area contributed by atoms with E-state index in [1.807, 2.05) is 42.9 Å². The molecule has 4 aromatic rings. The summed E-state index contributed by atoms with van der Waals surface area (Å²) >= 11 is 3.48. The smallest absolute Gasteiger partial charge is 0.0971 e. The molecule has 1 N–H and O–H groups in total. The van der Waals surface area contributed by atoms with E-state index in [0.717, 1.165) is 49.4 Å². The van der Waals surface area contributed by atoms with Crippen LogP contribution in [0.15, 0.2) is 71.6 Å². The van der Waals surface area contributed by atoms with Gasteiger partial charge in [0.1, 0.15) is 0 Å². The van der Waals surface area contributed by atoms with Crippen LogP contribution in [0.5, 0.6) is 0 Å². The van der Waals surface area contributed by atoms with Gasteiger partial charge in [0, 0.05) is 39.1 Å². The number of aromatic amines is 1. The van der Waals surface area contributed by atoms with Gasteiger partial charge in [0.2, 0.25) is 0 Å². The van der Waals surface area contributed by atoms with Gasteiger partial charge >= 0.3 is 0 Å². The summed E-state index contributed by atoms with van der Waals surface area (Å²) in [6.07, 6.45) is 7.64. The highest BCUT2D eigenvalue weighted by molar-refractivity contribution is 9.10. The number of pyridine rings is 2. The summed E-state index contributed by atoms with van der Waals surface area (Å²) in [5.41, 5.74) is 8.31. The predicted octanol–water partition coefficient (Wildman–Crippen LogP) is 5.20. The van der Waals surface area contributed by atoms with Crippen molar-refractivity contribution < 1.29 is 0 Å². The fourth-order valence-corrected chi connectivity index (χ4v) is 3.60. The van der Waals surface area contributed by atoms with Gasteiger partial charge in [-0.25, -0.2) is 0 Å². The average Bonchev–Trinajstić information content (AvgIpc) is 3.27. The summed E-state index contributed by atoms with van der Waals surface area (Å²) in [7, 11) is 0. The summed E-state index contributed by atoms with van der Waals surface area (Å²) in [4.78, 5) is 9.08. The van der Waals surface area contributed by atoms with Crippen LogP contribution in [0.4, 0.5) is 0 Å². The third-order valence-electron chi connectivity index (χ3n) is 4.52. The molecule has 0 amide bonds. The van der Waals surface area contributed by atoms with Crippen molar-refractivity contribution in [2.75, 3.05) is 0 Å². The van der Waals surface area contributed by atoms with Gasteiger partial charge < -0.3 is 0 Å². The normalized spacial score (nSPS) is 12.0. The maximum atomic E-state index is 4.54. The van der Waals surface area contributed by atoms with Crippen LogP contribution in [0.25, 0.3) is 34.3 Å². The molecule has 0 spiro atoms. The molecule has 5 rings (SSSR count). The number of benzene rings is 1. The van der Waals surface area contributed by atoms with Gasteiger partial charge in [0.15, 0.2) is 0 Å². The molecule has 0 radical (unpaired) electrons. The number of hydrogen-bond donors (Lipinski definition) is 1. The lowest BCUT2D eigenvalue weighted by Gasteiger charge is -2.04. The lowest BCUT2D eigenvalue weighted by molar-refractivity contribution is 1.10. The molecule has 0 bridgehead atoms. The Morgan fingerprint density at radius 3 is 2.15 bits per heavy atom. The highest BCUT2D eigenvalue weighted by Crippen LogP contribution is 2.42. The highest BCUT2D eigenvalue weighted by Gasteiger charge is 2.25. The average molecular weight is 401 g/mol. The van der Waals surface area contributed by atoms with Crippen LogP contribution in [0.1, 0.15) is 16.7 Å². The Morgan fingerprint density at radius 1 is 0.846 bits per heavy atom. The van der Waals surface area contributed by atoms with Crippen LogP contribution in [-0.4, -0.2) is 20.2 Å². The number of H-pyrrole nitrogens is 1. The van der Waals surface area contributed by atoms with Gasteiger partial charge in [-0.1, -0.05) is 40.2 Å².